The Labute approximate surface area is 251 Å². The van der Waals surface area contributed by atoms with Crippen molar-refractivity contribution in [1.82, 2.24) is 5.43 Å². The number of halogens is 4. The predicted molar refractivity (Wildman–Crippen MR) is 157 cm³/mol. The molecule has 0 aromatic heterocycles. The van der Waals surface area contributed by atoms with Gasteiger partial charge in [0, 0.05) is 0 Å². The topological polar surface area (TPSA) is 97.3 Å². The van der Waals surface area contributed by atoms with Gasteiger partial charge in [-0.3, -0.25) is 9.10 Å². The minimum absolute atomic E-state index is 0.225. The van der Waals surface area contributed by atoms with Crippen LogP contribution >= 0.6 is 11.6 Å². The molecule has 4 rings (SSSR count). The molecule has 0 aliphatic heterocycles. The van der Waals surface area contributed by atoms with Gasteiger partial charge in [-0.15, -0.1) is 0 Å². The molecular formula is C30H25ClF3N3O5S. The van der Waals surface area contributed by atoms with Crippen LogP contribution in [0.5, 0.6) is 11.5 Å². The van der Waals surface area contributed by atoms with Crippen LogP contribution in [-0.2, 0) is 27.6 Å². The molecule has 0 atom stereocenters. The van der Waals surface area contributed by atoms with Crippen molar-refractivity contribution in [2.75, 3.05) is 18.0 Å². The van der Waals surface area contributed by atoms with E-state index in [4.69, 9.17) is 21.1 Å². The molecule has 0 saturated carbocycles. The Bertz CT molecular complexity index is 1700. The Morgan fingerprint density at radius 3 is 2.28 bits per heavy atom. The first kappa shape index (κ1) is 31.4. The highest BCUT2D eigenvalue weighted by Gasteiger charge is 2.35. The maximum absolute atomic E-state index is 13.5. The maximum atomic E-state index is 13.5. The lowest BCUT2D eigenvalue weighted by Crippen LogP contribution is -2.39. The lowest BCUT2D eigenvalue weighted by Gasteiger charge is -2.24. The third-order valence-electron chi connectivity index (χ3n) is 5.99. The summed E-state index contributed by atoms with van der Waals surface area (Å²) in [6.07, 6.45) is -3.56. The molecule has 0 unspecified atom stereocenters. The molecule has 0 radical (unpaired) electrons. The fraction of sp³-hybridized carbons (Fsp3) is 0.133. The zero-order valence-electron chi connectivity index (χ0n) is 22.6. The van der Waals surface area contributed by atoms with E-state index >= 15 is 0 Å². The van der Waals surface area contributed by atoms with Crippen molar-refractivity contribution in [3.63, 3.8) is 0 Å². The number of hydrogen-bond donors (Lipinski definition) is 1. The van der Waals surface area contributed by atoms with Crippen LogP contribution in [0.4, 0.5) is 18.9 Å². The maximum Gasteiger partial charge on any atom is 0.417 e. The first-order valence-corrected chi connectivity index (χ1v) is 14.4. The number of amides is 1. The van der Waals surface area contributed by atoms with E-state index in [1.165, 1.54) is 37.6 Å². The molecule has 0 spiro atoms. The summed E-state index contributed by atoms with van der Waals surface area (Å²) >= 11 is 5.72. The van der Waals surface area contributed by atoms with E-state index in [0.29, 0.717) is 34.0 Å². The predicted octanol–water partition coefficient (Wildman–Crippen LogP) is 6.29. The highest BCUT2D eigenvalue weighted by atomic mass is 35.5. The van der Waals surface area contributed by atoms with Crippen molar-refractivity contribution in [3.05, 3.63) is 119 Å². The zero-order valence-corrected chi connectivity index (χ0v) is 24.2. The van der Waals surface area contributed by atoms with Crippen LogP contribution in [0.2, 0.25) is 5.02 Å². The van der Waals surface area contributed by atoms with E-state index in [0.717, 1.165) is 17.7 Å². The number of nitrogens with one attached hydrogen (secondary N) is 1. The number of hydrazone groups is 1. The molecule has 0 aliphatic rings. The molecule has 0 saturated heterocycles. The third-order valence-corrected chi connectivity index (χ3v) is 8.11. The van der Waals surface area contributed by atoms with Crippen molar-refractivity contribution >= 4 is 39.4 Å². The normalized spacial score (nSPS) is 11.7. The summed E-state index contributed by atoms with van der Waals surface area (Å²) in [6.45, 7) is -0.551. The van der Waals surface area contributed by atoms with Crippen molar-refractivity contribution in [2.45, 2.75) is 17.7 Å². The molecule has 43 heavy (non-hydrogen) atoms. The van der Waals surface area contributed by atoms with Crippen LogP contribution in [0.3, 0.4) is 0 Å². The second kappa shape index (κ2) is 13.6. The van der Waals surface area contributed by atoms with Crippen molar-refractivity contribution < 1.29 is 35.9 Å². The molecule has 1 amide bonds. The Morgan fingerprint density at radius 1 is 0.953 bits per heavy atom. The quantitative estimate of drug-likeness (QED) is 0.155. The monoisotopic (exact) mass is 631 g/mol. The molecule has 0 heterocycles. The van der Waals surface area contributed by atoms with E-state index < -0.39 is 44.9 Å². The smallest absolute Gasteiger partial charge is 0.417 e. The van der Waals surface area contributed by atoms with E-state index in [-0.39, 0.29) is 4.90 Å². The van der Waals surface area contributed by atoms with E-state index in [2.05, 4.69) is 10.5 Å². The van der Waals surface area contributed by atoms with Gasteiger partial charge in [-0.25, -0.2) is 13.8 Å². The average molecular weight is 632 g/mol. The van der Waals surface area contributed by atoms with Gasteiger partial charge >= 0.3 is 6.18 Å². The summed E-state index contributed by atoms with van der Waals surface area (Å²) in [7, 11) is -2.99. The van der Waals surface area contributed by atoms with E-state index in [9.17, 15) is 26.4 Å². The second-order valence-corrected chi connectivity index (χ2v) is 11.2. The number of anilines is 1. The summed E-state index contributed by atoms with van der Waals surface area (Å²) in [5.74, 6) is -0.0147. The number of nitrogens with zero attached hydrogens (tertiary/aromatic N) is 2. The van der Waals surface area contributed by atoms with Crippen LogP contribution in [0.25, 0.3) is 0 Å². The fourth-order valence-corrected chi connectivity index (χ4v) is 5.54. The first-order chi connectivity index (χ1) is 20.5. The number of hydrogen-bond acceptors (Lipinski definition) is 6. The molecular weight excluding hydrogens is 607 g/mol. The number of carbonyl (C=O) groups is 1. The Kier molecular flexibility index (Phi) is 9.94. The Hall–Kier alpha value is -4.55. The molecule has 1 N–H and O–H groups in total. The van der Waals surface area contributed by atoms with Crippen LogP contribution in [0, 0.1) is 0 Å². The fourth-order valence-electron chi connectivity index (χ4n) is 3.88. The first-order valence-electron chi connectivity index (χ1n) is 12.6. The highest BCUT2D eigenvalue weighted by molar-refractivity contribution is 7.92. The van der Waals surface area contributed by atoms with Gasteiger partial charge in [-0.1, -0.05) is 60.1 Å². The van der Waals surface area contributed by atoms with E-state index in [1.54, 1.807) is 24.3 Å². The second-order valence-electron chi connectivity index (χ2n) is 8.96. The number of alkyl halides is 3. The summed E-state index contributed by atoms with van der Waals surface area (Å²) < 4.78 is 79.2. The van der Waals surface area contributed by atoms with Crippen LogP contribution in [-0.4, -0.2) is 34.2 Å². The van der Waals surface area contributed by atoms with Crippen LogP contribution in [0.1, 0.15) is 16.7 Å². The molecule has 0 aliphatic carbocycles. The van der Waals surface area contributed by atoms with Crippen LogP contribution < -0.4 is 19.2 Å². The SMILES string of the molecule is COc1cc(/C=N/NC(=O)CN(c2ccc(Cl)c(C(F)(F)F)c2)S(=O)(=O)c2ccccc2)ccc1OCc1ccccc1. The molecule has 0 bridgehead atoms. The number of rotatable bonds is 11. The largest absolute Gasteiger partial charge is 0.493 e. The zero-order chi connectivity index (χ0) is 31.0. The Morgan fingerprint density at radius 2 is 1.63 bits per heavy atom. The number of sulfonamides is 1. The summed E-state index contributed by atoms with van der Waals surface area (Å²) in [5, 5.41) is 3.25. The van der Waals surface area contributed by atoms with Gasteiger partial charge in [0.15, 0.2) is 11.5 Å². The molecule has 4 aromatic carbocycles. The third kappa shape index (κ3) is 8.05. The van der Waals surface area contributed by atoms with Crippen molar-refractivity contribution in [2.24, 2.45) is 5.10 Å². The Balaban J connectivity index is 1.52. The van der Waals surface area contributed by atoms with Crippen molar-refractivity contribution in [1.29, 1.82) is 0 Å². The number of carbonyl (C=O) groups excluding carboxylic acids is 1. The van der Waals surface area contributed by atoms with Gasteiger partial charge in [0.2, 0.25) is 0 Å². The lowest BCUT2D eigenvalue weighted by atomic mass is 10.2. The number of methoxy groups -OCH3 is 1. The molecule has 0 fully saturated rings. The summed E-state index contributed by atoms with van der Waals surface area (Å²) in [6, 6.07) is 24.1. The number of ether oxygens (including phenoxy) is 2. The number of benzene rings is 4. The van der Waals surface area contributed by atoms with Gasteiger partial charge in [0.05, 0.1) is 34.5 Å². The molecule has 224 valence electrons. The summed E-state index contributed by atoms with van der Waals surface area (Å²) in [4.78, 5) is 12.6. The van der Waals surface area contributed by atoms with E-state index in [1.807, 2.05) is 30.3 Å². The molecule has 4 aromatic rings. The van der Waals surface area contributed by atoms with Gasteiger partial charge in [-0.05, 0) is 59.7 Å². The standard InChI is InChI=1S/C30H25ClF3N3O5S/c1-41-28-16-22(12-15-27(28)42-20-21-8-4-2-5-9-21)18-35-36-29(38)19-37(43(39,40)24-10-6-3-7-11-24)23-13-14-26(31)25(17-23)30(32,33)34/h2-18H,19-20H2,1H3,(H,36,38)/b35-18+. The minimum atomic E-state index is -4.86. The molecule has 8 nitrogen and oxygen atoms in total. The molecule has 13 heteroatoms. The average Bonchev–Trinajstić information content (AvgIpc) is 2.99. The van der Waals surface area contributed by atoms with Crippen LogP contribution in [0.15, 0.2) is 107 Å². The van der Waals surface area contributed by atoms with Gasteiger partial charge in [0.25, 0.3) is 15.9 Å². The van der Waals surface area contributed by atoms with Gasteiger partial charge < -0.3 is 9.47 Å². The van der Waals surface area contributed by atoms with Gasteiger partial charge in [-0.2, -0.15) is 18.3 Å². The summed E-state index contributed by atoms with van der Waals surface area (Å²) in [5.41, 5.74) is 2.05. The highest BCUT2D eigenvalue weighted by Crippen LogP contribution is 2.38. The minimum Gasteiger partial charge on any atom is -0.493 e. The van der Waals surface area contributed by atoms with Crippen molar-refractivity contribution in [3.8, 4) is 11.5 Å². The lowest BCUT2D eigenvalue weighted by molar-refractivity contribution is -0.137. The van der Waals surface area contributed by atoms with Gasteiger partial charge in [0.1, 0.15) is 13.2 Å².